The quantitative estimate of drug-likeness (QED) is 0.0490. The zero-order chi connectivity index (χ0) is 52.2. The van der Waals surface area contributed by atoms with Crippen molar-refractivity contribution in [1.29, 1.82) is 0 Å². The number of rotatable bonds is 26. The molecule has 0 fully saturated rings. The molecule has 0 aliphatic heterocycles. The van der Waals surface area contributed by atoms with Crippen molar-refractivity contribution >= 4 is 70.2 Å². The number of amides is 1. The summed E-state index contributed by atoms with van der Waals surface area (Å²) >= 11 is 0. The molecule has 1 aromatic rings. The Morgan fingerprint density at radius 3 is 1.48 bits per heavy atom. The summed E-state index contributed by atoms with van der Waals surface area (Å²) in [6, 6.07) is 6.58. The van der Waals surface area contributed by atoms with Crippen LogP contribution in [0.25, 0.3) is 4.72 Å². The molecule has 24 heteroatoms. The van der Waals surface area contributed by atoms with Crippen LogP contribution >= 0.6 is 0 Å². The summed E-state index contributed by atoms with van der Waals surface area (Å²) in [5.74, 6) is -1.49. The van der Waals surface area contributed by atoms with Crippen molar-refractivity contribution in [2.75, 3.05) is 40.1 Å². The number of benzene rings is 1. The molecular formula is C43H85F3KNO13SSi5. The van der Waals surface area contributed by atoms with E-state index in [-0.39, 0.29) is 74.8 Å². The van der Waals surface area contributed by atoms with Gasteiger partial charge in [-0.15, -0.1) is 0 Å². The number of alkyl halides is 3. The Morgan fingerprint density at radius 2 is 1.07 bits per heavy atom. The van der Waals surface area contributed by atoms with Crippen molar-refractivity contribution in [3.63, 3.8) is 0 Å². The third kappa shape index (κ3) is 31.8. The maximum Gasteiger partial charge on any atom is 1.00 e. The van der Waals surface area contributed by atoms with Gasteiger partial charge in [-0.2, -0.15) is 13.2 Å². The molecule has 0 aromatic heterocycles. The van der Waals surface area contributed by atoms with Gasteiger partial charge in [0.15, 0.2) is 26.7 Å². The maximum absolute atomic E-state index is 12.1. The van der Waals surface area contributed by atoms with Crippen LogP contribution in [0.1, 0.15) is 103 Å². The fourth-order valence-corrected chi connectivity index (χ4v) is 30.0. The predicted octanol–water partition coefficient (Wildman–Crippen LogP) is 8.76. The second-order valence-corrected chi connectivity index (χ2v) is 41.7. The third-order valence-corrected chi connectivity index (χ3v) is 28.8. The van der Waals surface area contributed by atoms with Crippen molar-refractivity contribution < 1.29 is 123 Å². The van der Waals surface area contributed by atoms with E-state index in [1.54, 1.807) is 19.2 Å². The summed E-state index contributed by atoms with van der Waals surface area (Å²) in [6.45, 7) is 41.4. The predicted molar refractivity (Wildman–Crippen MR) is 268 cm³/mol. The average Bonchev–Trinajstić information content (AvgIpc) is 3.14. The van der Waals surface area contributed by atoms with Gasteiger partial charge >= 0.3 is 94.5 Å². The Kier molecular flexibility index (Phi) is 32.7. The molecule has 1 aromatic carbocycles. The number of carbonyl (C=O) groups excluding carboxylic acids is 3. The minimum Gasteiger partial charge on any atom is -0.534 e. The summed E-state index contributed by atoms with van der Waals surface area (Å²) < 4.78 is 107. The van der Waals surface area contributed by atoms with Gasteiger partial charge in [0, 0.05) is 7.11 Å². The van der Waals surface area contributed by atoms with Crippen LogP contribution in [0.3, 0.4) is 0 Å². The summed E-state index contributed by atoms with van der Waals surface area (Å²) in [7, 11) is -14.9. The van der Waals surface area contributed by atoms with Crippen molar-refractivity contribution in [2.45, 2.75) is 171 Å². The largest absolute Gasteiger partial charge is 1.00 e. The molecule has 67 heavy (non-hydrogen) atoms. The van der Waals surface area contributed by atoms with E-state index < -0.39 is 74.6 Å². The zero-order valence-electron chi connectivity index (χ0n) is 44.8. The first-order valence-corrected chi connectivity index (χ1v) is 39.0. The molecule has 0 N–H and O–H groups in total. The van der Waals surface area contributed by atoms with Crippen LogP contribution in [0, 0.1) is 10.8 Å². The van der Waals surface area contributed by atoms with Gasteiger partial charge in [-0.25, -0.2) is 8.42 Å². The van der Waals surface area contributed by atoms with Gasteiger partial charge in [0.25, 0.3) is 0 Å². The molecule has 1 atom stereocenters. The van der Waals surface area contributed by atoms with E-state index in [1.807, 2.05) is 55.4 Å². The Hall–Kier alpha value is -0.149. The van der Waals surface area contributed by atoms with Gasteiger partial charge in [0.1, 0.15) is 6.61 Å². The van der Waals surface area contributed by atoms with Gasteiger partial charge in [0.05, 0.1) is 43.2 Å². The number of sulfonamides is 1. The van der Waals surface area contributed by atoms with Gasteiger partial charge in [-0.3, -0.25) is 9.59 Å². The van der Waals surface area contributed by atoms with Crippen LogP contribution in [0.15, 0.2) is 24.3 Å². The van der Waals surface area contributed by atoms with Gasteiger partial charge < -0.3 is 44.9 Å². The SMILES string of the molecule is CCC(C)(C)C(=O)OCCC[Si](C)(C)O[Si](C)(C)O[Si](C)(C)O[Si](C)(C)O[Si](C)(C)C.CCC(C)(C)C(=O)OCCOCCOC.CCC(C)c1ccc(C(=O)[N-]S(=O)(=O)C(F)(F)F)cc1.[K+]. The number of hydrogen-bond donors (Lipinski definition) is 0. The van der Waals surface area contributed by atoms with E-state index in [1.165, 1.54) is 12.1 Å². The second kappa shape index (κ2) is 30.8. The fourth-order valence-electron chi connectivity index (χ4n) is 5.88. The van der Waals surface area contributed by atoms with Crippen LogP contribution in [-0.2, 0) is 55.0 Å². The van der Waals surface area contributed by atoms with Crippen molar-refractivity contribution in [3.8, 4) is 0 Å². The van der Waals surface area contributed by atoms with Crippen molar-refractivity contribution in [1.82, 2.24) is 0 Å². The van der Waals surface area contributed by atoms with Gasteiger partial charge in [-0.1, -0.05) is 52.0 Å². The molecule has 14 nitrogen and oxygen atoms in total. The van der Waals surface area contributed by atoms with Crippen LogP contribution < -0.4 is 51.4 Å². The molecule has 0 saturated carbocycles. The second-order valence-electron chi connectivity index (χ2n) is 20.2. The first-order chi connectivity index (χ1) is 29.6. The number of methoxy groups -OCH3 is 1. The Morgan fingerprint density at radius 1 is 0.657 bits per heavy atom. The number of nitrogens with zero attached hydrogens (tertiary/aromatic N) is 1. The number of hydrogen-bond acceptors (Lipinski definition) is 13. The molecule has 1 rings (SSSR count). The summed E-state index contributed by atoms with van der Waals surface area (Å²) in [6.07, 6.45) is 3.23. The third-order valence-electron chi connectivity index (χ3n) is 9.81. The molecule has 0 radical (unpaired) electrons. The average molecular weight is 1090 g/mol. The van der Waals surface area contributed by atoms with E-state index >= 15 is 0 Å². The van der Waals surface area contributed by atoms with E-state index in [4.69, 9.17) is 35.4 Å². The Bertz CT molecular complexity index is 1730. The van der Waals surface area contributed by atoms with E-state index in [2.05, 4.69) is 76.7 Å². The van der Waals surface area contributed by atoms with E-state index in [9.17, 15) is 36.0 Å². The number of esters is 2. The molecule has 1 amide bonds. The van der Waals surface area contributed by atoms with Crippen LogP contribution in [0.4, 0.5) is 13.2 Å². The topological polar surface area (TPSA) is 173 Å². The van der Waals surface area contributed by atoms with E-state index in [0.29, 0.717) is 33.0 Å². The first kappa shape index (κ1) is 71.1. The van der Waals surface area contributed by atoms with Gasteiger partial charge in [0.2, 0.25) is 0 Å². The number of halogens is 3. The van der Waals surface area contributed by atoms with Crippen molar-refractivity contribution in [2.24, 2.45) is 10.8 Å². The Balaban J connectivity index is -0.000000978. The zero-order valence-corrected chi connectivity index (χ0v) is 53.7. The summed E-state index contributed by atoms with van der Waals surface area (Å²) in [5.41, 5.74) is -5.68. The first-order valence-electron chi connectivity index (χ1n) is 22.5. The maximum atomic E-state index is 12.1. The van der Waals surface area contributed by atoms with Crippen LogP contribution in [0.2, 0.25) is 78.1 Å². The monoisotopic (exact) mass is 1090 g/mol. The molecule has 0 bridgehead atoms. The fraction of sp³-hybridized carbons (Fsp3) is 0.791. The molecule has 388 valence electrons. The van der Waals surface area contributed by atoms with Crippen LogP contribution in [0.5, 0.6) is 0 Å². The standard InChI is InChI=1S/C20H50O6Si5.C12H14F3NO3S.C11H22O4.K/c1-15-20(2,3)19(21)22-17-16-18-28(7,8)24-30(11,12)26-31(13,14)25-29(9,10)23-27(4,5)6;1-3-8(2)9-4-6-10(7-5-9)11(17)16-20(18,19)12(13,14)15;1-5-11(2,3)10(12)15-9-8-14-7-6-13-4;/h15-18H2,1-14H3;4-8H,3H2,1-2H3,(H,16,17);5-9H2,1-4H3;/q;;;+1/p-1. The summed E-state index contributed by atoms with van der Waals surface area (Å²) in [5, 5.41) is 0. The molecule has 1 unspecified atom stereocenters. The van der Waals surface area contributed by atoms with Crippen molar-refractivity contribution in [3.05, 3.63) is 40.1 Å². The smallest absolute Gasteiger partial charge is 0.534 e. The van der Waals surface area contributed by atoms with E-state index in [0.717, 1.165) is 37.3 Å². The minimum atomic E-state index is -5.80. The Labute approximate surface area is 450 Å². The molecule has 0 saturated heterocycles. The molecule has 0 spiro atoms. The van der Waals surface area contributed by atoms with Crippen LogP contribution in [-0.4, -0.2) is 114 Å². The normalized spacial score (nSPS) is 13.5. The number of carbonyl (C=O) groups is 3. The molecule has 0 aliphatic carbocycles. The minimum absolute atomic E-state index is 0. The van der Waals surface area contributed by atoms with Gasteiger partial charge in [-0.05, 0) is 148 Å². The molecule has 0 heterocycles. The molecular weight excluding hydrogens is 1010 g/mol. The summed E-state index contributed by atoms with van der Waals surface area (Å²) in [4.78, 5) is 35.0. The molecule has 0 aliphatic rings. The number of ether oxygens (including phenoxy) is 4.